The summed E-state index contributed by atoms with van der Waals surface area (Å²) >= 11 is 1.72. The monoisotopic (exact) mass is 325 g/mol. The van der Waals surface area contributed by atoms with Crippen LogP contribution < -0.4 is 5.32 Å². The summed E-state index contributed by atoms with van der Waals surface area (Å²) in [5.41, 5.74) is 0. The first-order chi connectivity index (χ1) is 10.5. The lowest BCUT2D eigenvalue weighted by Gasteiger charge is -2.34. The highest BCUT2D eigenvalue weighted by Gasteiger charge is 2.26. The predicted molar refractivity (Wildman–Crippen MR) is 90.1 cm³/mol. The SMILES string of the molecule is C[C@H](O)C1CCN(C(=O)NC[C@@H](c2cccs2)N(C)C)CC1. The van der Waals surface area contributed by atoms with Crippen molar-refractivity contribution in [2.75, 3.05) is 33.7 Å². The first kappa shape index (κ1) is 17.2. The molecular formula is C16H27N3O2S. The van der Waals surface area contributed by atoms with Crippen LogP contribution in [0.3, 0.4) is 0 Å². The van der Waals surface area contributed by atoms with Crippen molar-refractivity contribution in [2.45, 2.75) is 31.9 Å². The van der Waals surface area contributed by atoms with Crippen LogP contribution in [0.2, 0.25) is 0 Å². The molecule has 5 nitrogen and oxygen atoms in total. The predicted octanol–water partition coefficient (Wildman–Crippen LogP) is 2.15. The van der Waals surface area contributed by atoms with Crippen LogP contribution in [-0.2, 0) is 0 Å². The number of carbonyl (C=O) groups excluding carboxylic acids is 1. The van der Waals surface area contributed by atoms with Gasteiger partial charge in [0.25, 0.3) is 0 Å². The van der Waals surface area contributed by atoms with Gasteiger partial charge in [-0.05, 0) is 51.2 Å². The molecule has 1 aliphatic heterocycles. The largest absolute Gasteiger partial charge is 0.393 e. The fourth-order valence-electron chi connectivity index (χ4n) is 2.90. The van der Waals surface area contributed by atoms with Crippen LogP contribution in [0.15, 0.2) is 17.5 Å². The fraction of sp³-hybridized carbons (Fsp3) is 0.688. The number of nitrogens with zero attached hydrogens (tertiary/aromatic N) is 2. The lowest BCUT2D eigenvalue weighted by molar-refractivity contribution is 0.0795. The Hall–Kier alpha value is -1.11. The number of rotatable bonds is 5. The molecule has 0 unspecified atom stereocenters. The molecule has 0 aliphatic carbocycles. The summed E-state index contributed by atoms with van der Waals surface area (Å²) in [5, 5.41) is 14.7. The Balaban J connectivity index is 1.82. The number of aliphatic hydroxyl groups is 1. The summed E-state index contributed by atoms with van der Waals surface area (Å²) in [5.74, 6) is 0.324. The van der Waals surface area contributed by atoms with Gasteiger partial charge in [-0.15, -0.1) is 11.3 Å². The Kier molecular flexibility index (Phi) is 6.23. The van der Waals surface area contributed by atoms with E-state index in [0.717, 1.165) is 25.9 Å². The van der Waals surface area contributed by atoms with Crippen LogP contribution >= 0.6 is 11.3 Å². The van der Waals surface area contributed by atoms with Gasteiger partial charge in [0.15, 0.2) is 0 Å². The quantitative estimate of drug-likeness (QED) is 0.872. The number of amides is 2. The minimum Gasteiger partial charge on any atom is -0.393 e. The zero-order chi connectivity index (χ0) is 16.1. The van der Waals surface area contributed by atoms with E-state index in [2.05, 4.69) is 21.7 Å². The number of thiophene rings is 1. The Morgan fingerprint density at radius 2 is 2.18 bits per heavy atom. The Morgan fingerprint density at radius 1 is 1.50 bits per heavy atom. The van der Waals surface area contributed by atoms with E-state index >= 15 is 0 Å². The van der Waals surface area contributed by atoms with E-state index in [1.165, 1.54) is 4.88 Å². The van der Waals surface area contributed by atoms with Crippen molar-refractivity contribution in [1.29, 1.82) is 0 Å². The van der Waals surface area contributed by atoms with Gasteiger partial charge in [0.1, 0.15) is 0 Å². The van der Waals surface area contributed by atoms with Crippen molar-refractivity contribution < 1.29 is 9.90 Å². The second-order valence-electron chi connectivity index (χ2n) is 6.25. The number of likely N-dealkylation sites (tertiary alicyclic amines) is 1. The van der Waals surface area contributed by atoms with Crippen molar-refractivity contribution >= 4 is 17.4 Å². The van der Waals surface area contributed by atoms with Crippen LogP contribution in [0.4, 0.5) is 4.79 Å². The van der Waals surface area contributed by atoms with Gasteiger partial charge in [-0.3, -0.25) is 0 Å². The van der Waals surface area contributed by atoms with Crippen LogP contribution in [0.5, 0.6) is 0 Å². The maximum absolute atomic E-state index is 12.3. The summed E-state index contributed by atoms with van der Waals surface area (Å²) in [7, 11) is 4.06. The molecule has 0 radical (unpaired) electrons. The van der Waals surface area contributed by atoms with Gasteiger partial charge >= 0.3 is 6.03 Å². The molecule has 2 rings (SSSR count). The summed E-state index contributed by atoms with van der Waals surface area (Å²) in [4.78, 5) is 17.6. The molecule has 1 aliphatic rings. The van der Waals surface area contributed by atoms with Crippen LogP contribution in [0.1, 0.15) is 30.7 Å². The molecule has 0 spiro atoms. The molecule has 0 saturated carbocycles. The van der Waals surface area contributed by atoms with Crippen LogP contribution in [-0.4, -0.2) is 60.8 Å². The fourth-order valence-corrected chi connectivity index (χ4v) is 3.82. The van der Waals surface area contributed by atoms with Crippen molar-refractivity contribution in [2.24, 2.45) is 5.92 Å². The lowest BCUT2D eigenvalue weighted by Crippen LogP contribution is -2.47. The van der Waals surface area contributed by atoms with Gasteiger partial charge in [0.05, 0.1) is 12.1 Å². The highest BCUT2D eigenvalue weighted by molar-refractivity contribution is 7.10. The van der Waals surface area contributed by atoms with Gasteiger partial charge in [-0.2, -0.15) is 0 Å². The maximum Gasteiger partial charge on any atom is 0.317 e. The Morgan fingerprint density at radius 3 is 2.68 bits per heavy atom. The molecule has 2 atom stereocenters. The smallest absolute Gasteiger partial charge is 0.317 e. The molecule has 2 heterocycles. The standard InChI is InChI=1S/C16H27N3O2S/c1-12(20)13-6-8-19(9-7-13)16(21)17-11-14(18(2)3)15-5-4-10-22-15/h4-5,10,12-14,20H,6-9,11H2,1-3H3,(H,17,21)/t12-,14-/m0/s1. The number of hydrogen-bond donors (Lipinski definition) is 2. The van der Waals surface area contributed by atoms with E-state index < -0.39 is 0 Å². The van der Waals surface area contributed by atoms with E-state index in [4.69, 9.17) is 0 Å². The third-order valence-electron chi connectivity index (χ3n) is 4.45. The third-order valence-corrected chi connectivity index (χ3v) is 5.42. The molecule has 0 bridgehead atoms. The number of piperidine rings is 1. The molecule has 1 aromatic heterocycles. The first-order valence-electron chi connectivity index (χ1n) is 7.89. The second kappa shape index (κ2) is 7.94. The number of urea groups is 1. The summed E-state index contributed by atoms with van der Waals surface area (Å²) < 4.78 is 0. The first-order valence-corrected chi connectivity index (χ1v) is 8.77. The van der Waals surface area contributed by atoms with Gasteiger partial charge < -0.3 is 20.2 Å². The molecule has 2 amide bonds. The van der Waals surface area contributed by atoms with Crippen molar-refractivity contribution in [3.63, 3.8) is 0 Å². The topological polar surface area (TPSA) is 55.8 Å². The van der Waals surface area contributed by atoms with E-state index in [-0.39, 0.29) is 18.2 Å². The maximum atomic E-state index is 12.3. The number of hydrogen-bond acceptors (Lipinski definition) is 4. The molecule has 22 heavy (non-hydrogen) atoms. The highest BCUT2D eigenvalue weighted by Crippen LogP contribution is 2.23. The molecule has 6 heteroatoms. The Bertz CT molecular complexity index is 454. The van der Waals surface area contributed by atoms with E-state index in [0.29, 0.717) is 12.5 Å². The van der Waals surface area contributed by atoms with E-state index in [9.17, 15) is 9.90 Å². The minimum absolute atomic E-state index is 0.00690. The number of aliphatic hydroxyl groups excluding tert-OH is 1. The van der Waals surface area contributed by atoms with E-state index in [1.807, 2.05) is 32.0 Å². The second-order valence-corrected chi connectivity index (χ2v) is 7.23. The molecule has 0 aromatic carbocycles. The number of likely N-dealkylation sites (N-methyl/N-ethyl adjacent to an activating group) is 1. The Labute approximate surface area is 136 Å². The average Bonchev–Trinajstić information content (AvgIpc) is 3.01. The van der Waals surface area contributed by atoms with E-state index in [1.54, 1.807) is 11.3 Å². The van der Waals surface area contributed by atoms with Crippen molar-refractivity contribution in [3.8, 4) is 0 Å². The van der Waals surface area contributed by atoms with Gasteiger partial charge in [-0.1, -0.05) is 6.07 Å². The summed E-state index contributed by atoms with van der Waals surface area (Å²) in [6.45, 7) is 3.91. The lowest BCUT2D eigenvalue weighted by atomic mass is 9.92. The molecular weight excluding hydrogens is 298 g/mol. The van der Waals surface area contributed by atoms with Gasteiger partial charge in [0.2, 0.25) is 0 Å². The average molecular weight is 325 g/mol. The molecule has 1 fully saturated rings. The van der Waals surface area contributed by atoms with Gasteiger partial charge in [0, 0.05) is 24.5 Å². The number of carbonyl (C=O) groups is 1. The zero-order valence-electron chi connectivity index (χ0n) is 13.7. The van der Waals surface area contributed by atoms with Gasteiger partial charge in [-0.25, -0.2) is 4.79 Å². The summed E-state index contributed by atoms with van der Waals surface area (Å²) in [6, 6.07) is 4.36. The van der Waals surface area contributed by atoms with Crippen molar-refractivity contribution in [1.82, 2.24) is 15.1 Å². The highest BCUT2D eigenvalue weighted by atomic mass is 32.1. The van der Waals surface area contributed by atoms with Crippen molar-refractivity contribution in [3.05, 3.63) is 22.4 Å². The number of nitrogens with one attached hydrogen (secondary N) is 1. The van der Waals surface area contributed by atoms with Crippen LogP contribution in [0.25, 0.3) is 0 Å². The summed E-state index contributed by atoms with van der Waals surface area (Å²) in [6.07, 6.45) is 1.49. The minimum atomic E-state index is -0.276. The molecule has 1 aromatic rings. The third kappa shape index (κ3) is 4.44. The molecule has 1 saturated heterocycles. The molecule has 124 valence electrons. The van der Waals surface area contributed by atoms with Crippen LogP contribution in [0, 0.1) is 5.92 Å². The normalized spacial score (nSPS) is 19.2. The zero-order valence-corrected chi connectivity index (χ0v) is 14.5. The molecule has 2 N–H and O–H groups in total.